The first-order valence-corrected chi connectivity index (χ1v) is 11.9. The third-order valence-electron chi connectivity index (χ3n) is 5.58. The molecule has 3 N–H and O–H groups in total. The molecule has 35 heavy (non-hydrogen) atoms. The molecule has 1 saturated heterocycles. The average molecular weight is 501 g/mol. The summed E-state index contributed by atoms with van der Waals surface area (Å²) in [5.74, 6) is -2.67. The molecule has 3 heterocycles. The Labute approximate surface area is 198 Å². The summed E-state index contributed by atoms with van der Waals surface area (Å²) in [6.07, 6.45) is 2.94. The molecule has 2 aromatic heterocycles. The lowest BCUT2D eigenvalue weighted by molar-refractivity contribution is -0.112. The van der Waals surface area contributed by atoms with Gasteiger partial charge >= 0.3 is 0 Å². The smallest absolute Gasteiger partial charge is 0.265 e. The quantitative estimate of drug-likeness (QED) is 0.412. The topological polar surface area (TPSA) is 112 Å². The Hall–Kier alpha value is -3.90. The van der Waals surface area contributed by atoms with Crippen molar-refractivity contribution in [1.29, 1.82) is 0 Å². The molecule has 0 saturated carbocycles. The maximum Gasteiger partial charge on any atom is 0.265 e. The number of nitrogen functional groups attached to an aromatic ring is 1. The van der Waals surface area contributed by atoms with E-state index in [4.69, 9.17) is 10.5 Å². The second-order valence-electron chi connectivity index (χ2n) is 7.86. The van der Waals surface area contributed by atoms with Gasteiger partial charge in [-0.2, -0.15) is 5.10 Å². The van der Waals surface area contributed by atoms with Crippen LogP contribution in [-0.2, 0) is 14.8 Å². The molecule has 4 aromatic rings. The van der Waals surface area contributed by atoms with Crippen molar-refractivity contribution in [3.63, 3.8) is 0 Å². The van der Waals surface area contributed by atoms with Gasteiger partial charge in [0.15, 0.2) is 5.82 Å². The minimum atomic E-state index is -4.59. The summed E-state index contributed by atoms with van der Waals surface area (Å²) in [4.78, 5) is 3.03. The van der Waals surface area contributed by atoms with Gasteiger partial charge in [0.05, 0.1) is 18.0 Å². The molecule has 180 valence electrons. The molecule has 0 bridgehead atoms. The highest BCUT2D eigenvalue weighted by atomic mass is 32.2. The second kappa shape index (κ2) is 8.71. The normalized spacial score (nSPS) is 17.7. The predicted molar refractivity (Wildman–Crippen MR) is 121 cm³/mol. The molecule has 2 atom stereocenters. The fraction of sp³-hybridized carbons (Fsp3) is 0.130. The highest BCUT2D eigenvalue weighted by Crippen LogP contribution is 2.39. The predicted octanol–water partition coefficient (Wildman–Crippen LogP) is 4.06. The third kappa shape index (κ3) is 4.33. The molecule has 0 aliphatic carbocycles. The van der Waals surface area contributed by atoms with Crippen LogP contribution < -0.4 is 10.5 Å². The number of nitrogens with one attached hydrogen (secondary N) is 1. The fourth-order valence-electron chi connectivity index (χ4n) is 3.81. The monoisotopic (exact) mass is 501 g/mol. The molecular weight excluding hydrogens is 483 g/mol. The van der Waals surface area contributed by atoms with Gasteiger partial charge in [0.25, 0.3) is 10.0 Å². The summed E-state index contributed by atoms with van der Waals surface area (Å²) in [5.41, 5.74) is 6.42. The van der Waals surface area contributed by atoms with Gasteiger partial charge in [-0.15, -0.1) is 0 Å². The van der Waals surface area contributed by atoms with Gasteiger partial charge < -0.3 is 10.5 Å². The van der Waals surface area contributed by atoms with Gasteiger partial charge in [-0.1, -0.05) is 6.07 Å². The number of anilines is 2. The van der Waals surface area contributed by atoms with E-state index in [1.165, 1.54) is 18.2 Å². The summed E-state index contributed by atoms with van der Waals surface area (Å²) >= 11 is 0. The Morgan fingerprint density at radius 1 is 1.09 bits per heavy atom. The van der Waals surface area contributed by atoms with E-state index in [0.717, 1.165) is 11.6 Å². The third-order valence-corrected chi connectivity index (χ3v) is 6.96. The van der Waals surface area contributed by atoms with Crippen LogP contribution in [0.4, 0.5) is 24.7 Å². The fourth-order valence-corrected chi connectivity index (χ4v) is 4.96. The lowest BCUT2D eigenvalue weighted by Gasteiger charge is -2.37. The van der Waals surface area contributed by atoms with E-state index in [2.05, 4.69) is 10.1 Å². The van der Waals surface area contributed by atoms with Crippen LogP contribution in [0.25, 0.3) is 11.3 Å². The number of nitrogens with two attached hydrogens (primary N) is 1. The van der Waals surface area contributed by atoms with Gasteiger partial charge in [0.1, 0.15) is 34.5 Å². The minimum Gasteiger partial charge on any atom is -0.384 e. The molecule has 1 aliphatic rings. The zero-order valence-corrected chi connectivity index (χ0v) is 18.7. The number of benzene rings is 2. The highest BCUT2D eigenvalue weighted by molar-refractivity contribution is 7.92. The van der Waals surface area contributed by atoms with Crippen LogP contribution in [0.2, 0.25) is 0 Å². The van der Waals surface area contributed by atoms with Gasteiger partial charge in [-0.3, -0.25) is 9.40 Å². The van der Waals surface area contributed by atoms with E-state index in [-0.39, 0.29) is 23.4 Å². The van der Waals surface area contributed by atoms with E-state index in [1.807, 2.05) is 4.72 Å². The number of halogens is 3. The zero-order valence-electron chi connectivity index (χ0n) is 17.9. The Morgan fingerprint density at radius 2 is 1.91 bits per heavy atom. The lowest BCUT2D eigenvalue weighted by Crippen LogP contribution is -2.35. The molecule has 2 aromatic carbocycles. The highest BCUT2D eigenvalue weighted by Gasteiger charge is 2.36. The first-order chi connectivity index (χ1) is 16.7. The summed E-state index contributed by atoms with van der Waals surface area (Å²) in [5, 5.41) is 4.45. The molecule has 12 heteroatoms. The number of nitrogens with zero attached hydrogens (tertiary/aromatic N) is 3. The molecule has 0 radical (unpaired) electrons. The van der Waals surface area contributed by atoms with Gasteiger partial charge in [0, 0.05) is 18.0 Å². The molecule has 1 aliphatic heterocycles. The minimum absolute atomic E-state index is 0.0219. The molecule has 2 unspecified atom stereocenters. The molecule has 0 spiro atoms. The molecule has 1 fully saturated rings. The maximum atomic E-state index is 15.3. The van der Waals surface area contributed by atoms with Crippen molar-refractivity contribution in [1.82, 2.24) is 14.8 Å². The van der Waals surface area contributed by atoms with Gasteiger partial charge in [-0.25, -0.2) is 26.6 Å². The van der Waals surface area contributed by atoms with Crippen molar-refractivity contribution in [2.24, 2.45) is 0 Å². The number of rotatable bonds is 6. The van der Waals surface area contributed by atoms with E-state index in [9.17, 15) is 17.2 Å². The van der Waals surface area contributed by atoms with Crippen molar-refractivity contribution in [3.05, 3.63) is 90.0 Å². The molecule has 5 rings (SSSR count). The number of aromatic nitrogens is 3. The summed E-state index contributed by atoms with van der Waals surface area (Å²) in [7, 11) is -4.59. The van der Waals surface area contributed by atoms with Crippen LogP contribution in [0.3, 0.4) is 0 Å². The van der Waals surface area contributed by atoms with Crippen molar-refractivity contribution in [2.75, 3.05) is 17.1 Å². The number of pyridine rings is 1. The van der Waals surface area contributed by atoms with Crippen LogP contribution in [0.1, 0.15) is 17.7 Å². The van der Waals surface area contributed by atoms with Gasteiger partial charge in [-0.05, 0) is 54.1 Å². The Morgan fingerprint density at radius 3 is 2.66 bits per heavy atom. The maximum absolute atomic E-state index is 15.3. The lowest BCUT2D eigenvalue weighted by atomic mass is 9.99. The number of hydrogen-bond donors (Lipinski definition) is 2. The largest absolute Gasteiger partial charge is 0.384 e. The van der Waals surface area contributed by atoms with E-state index < -0.39 is 38.1 Å². The van der Waals surface area contributed by atoms with Crippen LogP contribution in [0.5, 0.6) is 0 Å². The van der Waals surface area contributed by atoms with Crippen LogP contribution >= 0.6 is 0 Å². The van der Waals surface area contributed by atoms with Crippen LogP contribution in [0, 0.1) is 17.5 Å². The van der Waals surface area contributed by atoms with Crippen LogP contribution in [0.15, 0.2) is 71.9 Å². The Kier molecular flexibility index (Phi) is 5.69. The zero-order chi connectivity index (χ0) is 24.7. The SMILES string of the molecule is Nc1cc(C2OCC2n2ccc(-c3cccc(NS(=O)(=O)c4cc(F)ccc4F)c3F)n2)ccn1. The molecular formula is C23H18F3N5O3S. The Balaban J connectivity index is 1.41. The second-order valence-corrected chi connectivity index (χ2v) is 9.51. The standard InChI is InChI=1S/C23H18F3N5O3S/c24-14-4-5-16(25)20(11-14)35(32,33)30-18-3-1-2-15(22(18)26)17-7-9-31(29-17)19-12-34-23(19)13-6-8-28-21(27)10-13/h1-11,19,23,30H,12H2,(H2,27,28). The van der Waals surface area contributed by atoms with E-state index >= 15 is 4.39 Å². The average Bonchev–Trinajstić information content (AvgIpc) is 3.25. The van der Waals surface area contributed by atoms with Crippen molar-refractivity contribution in [2.45, 2.75) is 17.0 Å². The van der Waals surface area contributed by atoms with Gasteiger partial charge in [0.2, 0.25) is 0 Å². The molecule has 8 nitrogen and oxygen atoms in total. The van der Waals surface area contributed by atoms with Crippen molar-refractivity contribution in [3.8, 4) is 11.3 Å². The summed E-state index contributed by atoms with van der Waals surface area (Å²) < 4.78 is 77.2. The van der Waals surface area contributed by atoms with Crippen molar-refractivity contribution >= 4 is 21.5 Å². The molecule has 0 amide bonds. The summed E-state index contributed by atoms with van der Waals surface area (Å²) in [6, 6.07) is 10.9. The first kappa shape index (κ1) is 22.9. The number of sulfonamides is 1. The number of ether oxygens (including phenoxy) is 1. The van der Waals surface area contributed by atoms with Crippen LogP contribution in [-0.4, -0.2) is 29.8 Å². The van der Waals surface area contributed by atoms with Crippen molar-refractivity contribution < 1.29 is 26.3 Å². The van der Waals surface area contributed by atoms with E-state index in [0.29, 0.717) is 24.6 Å². The van der Waals surface area contributed by atoms with E-state index in [1.54, 1.807) is 35.3 Å². The number of hydrogen-bond acceptors (Lipinski definition) is 6. The Bertz CT molecular complexity index is 1530. The first-order valence-electron chi connectivity index (χ1n) is 10.4. The summed E-state index contributed by atoms with van der Waals surface area (Å²) in [6.45, 7) is 0.384.